The summed E-state index contributed by atoms with van der Waals surface area (Å²) >= 11 is 0. The summed E-state index contributed by atoms with van der Waals surface area (Å²) in [4.78, 5) is 25.3. The number of carbonyl (C=O) groups excluding carboxylic acids is 1. The maximum atomic E-state index is 13.4. The molecule has 3 aromatic carbocycles. The predicted molar refractivity (Wildman–Crippen MR) is 133 cm³/mol. The lowest BCUT2D eigenvalue weighted by atomic mass is 10.0. The first-order chi connectivity index (χ1) is 16.7. The maximum absolute atomic E-state index is 13.4. The number of benzene rings is 3. The van der Waals surface area contributed by atoms with Crippen molar-refractivity contribution in [3.8, 4) is 5.75 Å². The molecule has 0 fully saturated rings. The highest BCUT2D eigenvalue weighted by Crippen LogP contribution is 2.29. The first-order valence-corrected chi connectivity index (χ1v) is 12.6. The number of rotatable bonds is 7. The molecular formula is C27H25NO6S. The molecule has 4 rings (SSSR count). The summed E-state index contributed by atoms with van der Waals surface area (Å²) in [6.45, 7) is 5.56. The molecule has 0 aliphatic heterocycles. The quantitative estimate of drug-likeness (QED) is 0.230. The lowest BCUT2D eigenvalue weighted by molar-refractivity contribution is -0.136. The van der Waals surface area contributed by atoms with Gasteiger partial charge in [0.05, 0.1) is 4.90 Å². The Labute approximate surface area is 203 Å². The fourth-order valence-electron chi connectivity index (χ4n) is 3.77. The summed E-state index contributed by atoms with van der Waals surface area (Å²) in [5.41, 5.74) is 2.58. The number of ether oxygens (including phenoxy) is 1. The number of sulfonamides is 1. The summed E-state index contributed by atoms with van der Waals surface area (Å²) in [6, 6.07) is 18.2. The third-order valence-electron chi connectivity index (χ3n) is 5.70. The number of aryl methyl sites for hydroxylation is 3. The highest BCUT2D eigenvalue weighted by Gasteiger charge is 2.29. The third-order valence-corrected chi connectivity index (χ3v) is 7.14. The van der Waals surface area contributed by atoms with Gasteiger partial charge in [0.25, 0.3) is 0 Å². The summed E-state index contributed by atoms with van der Waals surface area (Å²) < 4.78 is 39.7. The van der Waals surface area contributed by atoms with Crippen LogP contribution in [0.3, 0.4) is 0 Å². The lowest BCUT2D eigenvalue weighted by Gasteiger charge is -2.19. The molecule has 0 amide bonds. The van der Waals surface area contributed by atoms with E-state index in [4.69, 9.17) is 9.15 Å². The average molecular weight is 492 g/mol. The van der Waals surface area contributed by atoms with Crippen LogP contribution in [-0.2, 0) is 21.2 Å². The van der Waals surface area contributed by atoms with E-state index >= 15 is 0 Å². The molecular weight excluding hydrogens is 466 g/mol. The van der Waals surface area contributed by atoms with Crippen LogP contribution in [0.2, 0.25) is 0 Å². The van der Waals surface area contributed by atoms with Crippen molar-refractivity contribution in [3.05, 3.63) is 105 Å². The normalized spacial score (nSPS) is 12.4. The van der Waals surface area contributed by atoms with E-state index in [2.05, 4.69) is 4.72 Å². The second kappa shape index (κ2) is 9.85. The summed E-state index contributed by atoms with van der Waals surface area (Å²) in [6.07, 6.45) is 0.544. The number of esters is 1. The first-order valence-electron chi connectivity index (χ1n) is 11.1. The van der Waals surface area contributed by atoms with Crippen LogP contribution in [-0.4, -0.2) is 14.4 Å². The molecule has 1 heterocycles. The Morgan fingerprint density at radius 2 is 1.69 bits per heavy atom. The van der Waals surface area contributed by atoms with Gasteiger partial charge in [0, 0.05) is 17.5 Å². The standard InChI is InChI=1S/C27H25NO6S/c1-4-19-15-22-18(3)14-25(29)33-24(22)16-23(19)34-27(30)26(20-8-6-5-7-9-20)28-35(31,32)21-12-10-17(2)11-13-21/h5-16,26,28H,4H2,1-3H3. The molecule has 180 valence electrons. The van der Waals surface area contributed by atoms with E-state index in [9.17, 15) is 18.0 Å². The molecule has 35 heavy (non-hydrogen) atoms. The monoisotopic (exact) mass is 491 g/mol. The van der Waals surface area contributed by atoms with Gasteiger partial charge in [0.15, 0.2) is 0 Å². The molecule has 7 nitrogen and oxygen atoms in total. The second-order valence-corrected chi connectivity index (χ2v) is 9.97. The van der Waals surface area contributed by atoms with E-state index in [1.807, 2.05) is 19.9 Å². The fourth-order valence-corrected chi connectivity index (χ4v) is 4.94. The maximum Gasteiger partial charge on any atom is 0.336 e. The zero-order valence-electron chi connectivity index (χ0n) is 19.6. The molecule has 0 saturated heterocycles. The van der Waals surface area contributed by atoms with Crippen molar-refractivity contribution >= 4 is 27.0 Å². The smallest absolute Gasteiger partial charge is 0.336 e. The Morgan fingerprint density at radius 1 is 1.00 bits per heavy atom. The van der Waals surface area contributed by atoms with Crippen molar-refractivity contribution in [1.29, 1.82) is 0 Å². The highest BCUT2D eigenvalue weighted by molar-refractivity contribution is 7.89. The number of hydrogen-bond donors (Lipinski definition) is 1. The van der Waals surface area contributed by atoms with E-state index < -0.39 is 27.7 Å². The fraction of sp³-hybridized carbons (Fsp3) is 0.185. The Balaban J connectivity index is 1.72. The van der Waals surface area contributed by atoms with Crippen LogP contribution in [0.25, 0.3) is 11.0 Å². The minimum Gasteiger partial charge on any atom is -0.425 e. The number of hydrogen-bond acceptors (Lipinski definition) is 6. The Kier molecular flexibility index (Phi) is 6.86. The zero-order valence-corrected chi connectivity index (χ0v) is 20.4. The van der Waals surface area contributed by atoms with Crippen molar-refractivity contribution in [2.75, 3.05) is 0 Å². The van der Waals surface area contributed by atoms with Crippen LogP contribution in [0, 0.1) is 13.8 Å². The van der Waals surface area contributed by atoms with Crippen molar-refractivity contribution < 1.29 is 22.4 Å². The molecule has 0 bridgehead atoms. The SMILES string of the molecule is CCc1cc2c(C)cc(=O)oc2cc1OC(=O)C(NS(=O)(=O)c1ccc(C)cc1)c1ccccc1. The van der Waals surface area contributed by atoms with Gasteiger partial charge >= 0.3 is 11.6 Å². The van der Waals surface area contributed by atoms with Crippen LogP contribution in [0.5, 0.6) is 5.75 Å². The predicted octanol–water partition coefficient (Wildman–Crippen LogP) is 4.60. The molecule has 0 spiro atoms. The molecule has 8 heteroatoms. The van der Waals surface area contributed by atoms with E-state index in [0.29, 0.717) is 12.0 Å². The van der Waals surface area contributed by atoms with Gasteiger partial charge in [-0.2, -0.15) is 4.72 Å². The second-order valence-electron chi connectivity index (χ2n) is 8.26. The molecule has 1 atom stereocenters. The Hall–Kier alpha value is -3.75. The molecule has 0 radical (unpaired) electrons. The van der Waals surface area contributed by atoms with Gasteiger partial charge in [-0.1, -0.05) is 55.0 Å². The molecule has 1 N–H and O–H groups in total. The molecule has 1 aromatic heterocycles. The number of carbonyl (C=O) groups is 1. The van der Waals surface area contributed by atoms with Gasteiger partial charge in [-0.25, -0.2) is 18.0 Å². The largest absolute Gasteiger partial charge is 0.425 e. The van der Waals surface area contributed by atoms with Crippen molar-refractivity contribution in [2.24, 2.45) is 0 Å². The molecule has 0 aliphatic carbocycles. The van der Waals surface area contributed by atoms with Gasteiger partial charge in [-0.3, -0.25) is 0 Å². The third kappa shape index (κ3) is 5.34. The van der Waals surface area contributed by atoms with Gasteiger partial charge < -0.3 is 9.15 Å². The summed E-state index contributed by atoms with van der Waals surface area (Å²) in [5, 5.41) is 0.737. The number of nitrogens with one attached hydrogen (secondary N) is 1. The van der Waals surface area contributed by atoms with Gasteiger partial charge in [0.2, 0.25) is 10.0 Å². The number of fused-ring (bicyclic) bond motifs is 1. The molecule has 0 saturated carbocycles. The van der Waals surface area contributed by atoms with Crippen molar-refractivity contribution in [2.45, 2.75) is 38.1 Å². The van der Waals surface area contributed by atoms with E-state index in [0.717, 1.165) is 22.1 Å². The molecule has 4 aromatic rings. The minimum absolute atomic E-state index is 0.0361. The minimum atomic E-state index is -4.03. The van der Waals surface area contributed by atoms with E-state index in [-0.39, 0.29) is 16.2 Å². The average Bonchev–Trinajstić information content (AvgIpc) is 2.83. The Bertz CT molecular complexity index is 1540. The molecule has 0 aliphatic rings. The summed E-state index contributed by atoms with van der Waals surface area (Å²) in [7, 11) is -4.03. The first kappa shape index (κ1) is 24.4. The highest BCUT2D eigenvalue weighted by atomic mass is 32.2. The zero-order chi connectivity index (χ0) is 25.2. The molecule has 1 unspecified atom stereocenters. The van der Waals surface area contributed by atoms with Crippen LogP contribution in [0.1, 0.15) is 35.2 Å². The Morgan fingerprint density at radius 3 is 2.34 bits per heavy atom. The summed E-state index contributed by atoms with van der Waals surface area (Å²) in [5.74, 6) is -0.606. The van der Waals surface area contributed by atoms with Gasteiger partial charge in [0.1, 0.15) is 17.4 Å². The van der Waals surface area contributed by atoms with Crippen LogP contribution in [0.15, 0.2) is 86.9 Å². The van der Waals surface area contributed by atoms with Crippen molar-refractivity contribution in [1.82, 2.24) is 4.72 Å². The van der Waals surface area contributed by atoms with E-state index in [1.54, 1.807) is 49.4 Å². The van der Waals surface area contributed by atoms with Crippen molar-refractivity contribution in [3.63, 3.8) is 0 Å². The van der Waals surface area contributed by atoms with Crippen LogP contribution in [0.4, 0.5) is 0 Å². The van der Waals surface area contributed by atoms with Gasteiger partial charge in [-0.15, -0.1) is 0 Å². The topological polar surface area (TPSA) is 103 Å². The lowest BCUT2D eigenvalue weighted by Crippen LogP contribution is -2.36. The van der Waals surface area contributed by atoms with Crippen LogP contribution < -0.4 is 15.1 Å². The van der Waals surface area contributed by atoms with Gasteiger partial charge in [-0.05, 0) is 55.2 Å². The van der Waals surface area contributed by atoms with Crippen LogP contribution >= 0.6 is 0 Å². The van der Waals surface area contributed by atoms with E-state index in [1.165, 1.54) is 24.3 Å².